The second kappa shape index (κ2) is 14.5. The van der Waals surface area contributed by atoms with E-state index in [1.165, 1.54) is 89.9 Å². The zero-order valence-corrected chi connectivity index (χ0v) is 18.9. The summed E-state index contributed by atoms with van der Waals surface area (Å²) in [5.74, 6) is 1.12. The van der Waals surface area contributed by atoms with E-state index in [1.54, 1.807) is 7.11 Å². The molecular weight excluding hydrogens is 362 g/mol. The van der Waals surface area contributed by atoms with Crippen LogP contribution in [0.4, 0.5) is 5.95 Å². The van der Waals surface area contributed by atoms with E-state index in [0.717, 1.165) is 31.6 Å². The van der Waals surface area contributed by atoms with Crippen LogP contribution in [0.25, 0.3) is 0 Å². The Morgan fingerprint density at radius 2 is 1.31 bits per heavy atom. The minimum absolute atomic E-state index is 0.117. The van der Waals surface area contributed by atoms with Crippen molar-refractivity contribution in [3.8, 4) is 11.6 Å². The van der Waals surface area contributed by atoms with E-state index < -0.39 is 0 Å². The fraction of sp³-hybridized carbons (Fsp3) is 0.833. The lowest BCUT2D eigenvalue weighted by Crippen LogP contribution is -2.38. The highest BCUT2D eigenvalue weighted by molar-refractivity contribution is 5.45. The van der Waals surface area contributed by atoms with E-state index in [9.17, 15) is 5.11 Å². The highest BCUT2D eigenvalue weighted by Gasteiger charge is 2.21. The molecule has 0 saturated carbocycles. The zero-order valence-electron chi connectivity index (χ0n) is 18.9. The molecule has 0 unspecified atom stereocenters. The molecule has 166 valence electrons. The molecule has 0 aliphatic carbocycles. The third kappa shape index (κ3) is 8.79. The summed E-state index contributed by atoms with van der Waals surface area (Å²) in [7, 11) is 1.55. The van der Waals surface area contributed by atoms with Crippen molar-refractivity contribution in [1.29, 1.82) is 0 Å². The largest absolute Gasteiger partial charge is 0.502 e. The van der Waals surface area contributed by atoms with E-state index in [2.05, 4.69) is 21.8 Å². The molecule has 0 aromatic carbocycles. The molecule has 1 saturated heterocycles. The molecule has 0 radical (unpaired) electrons. The maximum atomic E-state index is 10.3. The molecule has 1 aromatic rings. The Morgan fingerprint density at radius 3 is 1.76 bits per heavy atom. The van der Waals surface area contributed by atoms with Crippen LogP contribution in [0.2, 0.25) is 0 Å². The van der Waals surface area contributed by atoms with E-state index >= 15 is 0 Å². The smallest absolute Gasteiger partial charge is 0.261 e. The van der Waals surface area contributed by atoms with Crippen LogP contribution in [0.3, 0.4) is 0 Å². The fourth-order valence-electron chi connectivity index (χ4n) is 3.93. The standard InChI is InChI=1S/C24H43N3O2/c1-3-4-5-6-7-8-9-10-11-12-13-14-15-16-18-21-22(28)23(29-2)26-24(25-21)27-19-17-20-27/h28H,3-20H2,1-2H3. The molecule has 0 bridgehead atoms. The lowest BCUT2D eigenvalue weighted by molar-refractivity contribution is 0.351. The van der Waals surface area contributed by atoms with Crippen molar-refractivity contribution in [1.82, 2.24) is 9.97 Å². The summed E-state index contributed by atoms with van der Waals surface area (Å²) in [6.07, 6.45) is 20.9. The first kappa shape index (κ1) is 23.8. The average molecular weight is 406 g/mol. The normalized spacial score (nSPS) is 13.5. The highest BCUT2D eigenvalue weighted by Crippen LogP contribution is 2.31. The Kier molecular flexibility index (Phi) is 11.8. The number of methoxy groups -OCH3 is 1. The Morgan fingerprint density at radius 1 is 0.793 bits per heavy atom. The number of anilines is 1. The summed E-state index contributed by atoms with van der Waals surface area (Å²) >= 11 is 0. The van der Waals surface area contributed by atoms with Gasteiger partial charge in [0.2, 0.25) is 11.7 Å². The number of nitrogens with zero attached hydrogens (tertiary/aromatic N) is 3. The number of unbranched alkanes of at least 4 members (excludes halogenated alkanes) is 13. The van der Waals surface area contributed by atoms with E-state index in [4.69, 9.17) is 4.74 Å². The van der Waals surface area contributed by atoms with E-state index in [1.807, 2.05) is 0 Å². The van der Waals surface area contributed by atoms with Gasteiger partial charge in [0.1, 0.15) is 0 Å². The topological polar surface area (TPSA) is 58.5 Å². The summed E-state index contributed by atoms with van der Waals surface area (Å²) in [5.41, 5.74) is 0.734. The van der Waals surface area contributed by atoms with Gasteiger partial charge < -0.3 is 14.7 Å². The highest BCUT2D eigenvalue weighted by atomic mass is 16.5. The molecule has 2 heterocycles. The number of aromatic nitrogens is 2. The molecule has 1 aliphatic rings. The van der Waals surface area contributed by atoms with Crippen molar-refractivity contribution < 1.29 is 9.84 Å². The molecule has 1 aromatic heterocycles. The first-order valence-electron chi connectivity index (χ1n) is 12.1. The first-order chi connectivity index (χ1) is 14.3. The van der Waals surface area contributed by atoms with Gasteiger partial charge in [-0.15, -0.1) is 0 Å². The van der Waals surface area contributed by atoms with E-state index in [0.29, 0.717) is 11.8 Å². The van der Waals surface area contributed by atoms with Crippen molar-refractivity contribution >= 4 is 5.95 Å². The Labute approximate surface area is 178 Å². The molecule has 0 spiro atoms. The quantitative estimate of drug-likeness (QED) is 0.303. The number of ether oxygens (including phenoxy) is 1. The predicted octanol–water partition coefficient (Wildman–Crippen LogP) is 6.42. The van der Waals surface area contributed by atoms with Crippen LogP contribution in [0.1, 0.15) is 109 Å². The van der Waals surface area contributed by atoms with Crippen molar-refractivity contribution in [2.24, 2.45) is 0 Å². The Hall–Kier alpha value is -1.52. The molecule has 29 heavy (non-hydrogen) atoms. The van der Waals surface area contributed by atoms with Crippen LogP contribution in [0, 0.1) is 0 Å². The zero-order chi connectivity index (χ0) is 20.7. The minimum Gasteiger partial charge on any atom is -0.502 e. The Bertz CT molecular complexity index is 561. The molecule has 5 heteroatoms. The van der Waals surface area contributed by atoms with Gasteiger partial charge in [0.05, 0.1) is 12.8 Å². The van der Waals surface area contributed by atoms with Crippen LogP contribution < -0.4 is 9.64 Å². The number of aromatic hydroxyl groups is 1. The second-order valence-corrected chi connectivity index (χ2v) is 8.51. The summed E-state index contributed by atoms with van der Waals surface area (Å²) in [6.45, 7) is 4.26. The molecule has 1 N–H and O–H groups in total. The molecule has 1 fully saturated rings. The lowest BCUT2D eigenvalue weighted by atomic mass is 10.0. The van der Waals surface area contributed by atoms with Gasteiger partial charge in [-0.1, -0.05) is 90.4 Å². The van der Waals surface area contributed by atoms with Gasteiger partial charge in [-0.25, -0.2) is 4.98 Å². The summed E-state index contributed by atoms with van der Waals surface area (Å²) in [6, 6.07) is 0. The third-order valence-corrected chi connectivity index (χ3v) is 6.01. The van der Waals surface area contributed by atoms with E-state index in [-0.39, 0.29) is 5.75 Å². The fourth-order valence-corrected chi connectivity index (χ4v) is 3.93. The van der Waals surface area contributed by atoms with Gasteiger partial charge in [-0.3, -0.25) is 0 Å². The van der Waals surface area contributed by atoms with Crippen molar-refractivity contribution in [2.45, 2.75) is 110 Å². The average Bonchev–Trinajstić information content (AvgIpc) is 2.68. The molecule has 2 rings (SSSR count). The van der Waals surface area contributed by atoms with Crippen LogP contribution in [0.5, 0.6) is 11.6 Å². The third-order valence-electron chi connectivity index (χ3n) is 6.01. The monoisotopic (exact) mass is 405 g/mol. The van der Waals surface area contributed by atoms with Crippen LogP contribution >= 0.6 is 0 Å². The van der Waals surface area contributed by atoms with Gasteiger partial charge in [-0.2, -0.15) is 4.98 Å². The second-order valence-electron chi connectivity index (χ2n) is 8.51. The number of hydrogen-bond acceptors (Lipinski definition) is 5. The SMILES string of the molecule is CCCCCCCCCCCCCCCCc1nc(N2CCC2)nc(OC)c1O. The van der Waals surface area contributed by atoms with Crippen LogP contribution in [0.15, 0.2) is 0 Å². The summed E-state index contributed by atoms with van der Waals surface area (Å²) in [5, 5.41) is 10.3. The lowest BCUT2D eigenvalue weighted by Gasteiger charge is -2.31. The number of rotatable bonds is 17. The minimum atomic E-state index is 0.117. The van der Waals surface area contributed by atoms with Gasteiger partial charge in [0.25, 0.3) is 5.88 Å². The van der Waals surface area contributed by atoms with Gasteiger partial charge >= 0.3 is 0 Å². The van der Waals surface area contributed by atoms with Gasteiger partial charge in [0.15, 0.2) is 0 Å². The van der Waals surface area contributed by atoms with Gasteiger partial charge in [-0.05, 0) is 19.3 Å². The predicted molar refractivity (Wildman–Crippen MR) is 121 cm³/mol. The van der Waals surface area contributed by atoms with Crippen molar-refractivity contribution in [2.75, 3.05) is 25.1 Å². The maximum Gasteiger partial charge on any atom is 0.261 e. The van der Waals surface area contributed by atoms with Crippen molar-refractivity contribution in [3.05, 3.63) is 5.69 Å². The molecule has 1 aliphatic heterocycles. The molecule has 5 nitrogen and oxygen atoms in total. The summed E-state index contributed by atoms with van der Waals surface area (Å²) in [4.78, 5) is 11.1. The van der Waals surface area contributed by atoms with Gasteiger partial charge in [0, 0.05) is 13.1 Å². The summed E-state index contributed by atoms with van der Waals surface area (Å²) < 4.78 is 5.24. The van der Waals surface area contributed by atoms with Crippen molar-refractivity contribution in [3.63, 3.8) is 0 Å². The number of aryl methyl sites for hydroxylation is 1. The maximum absolute atomic E-state index is 10.3. The molecule has 0 atom stereocenters. The number of hydrogen-bond donors (Lipinski definition) is 1. The molecule has 0 amide bonds. The molecular formula is C24H43N3O2. The Balaban J connectivity index is 1.51. The van der Waals surface area contributed by atoms with Crippen LogP contribution in [-0.2, 0) is 6.42 Å². The first-order valence-corrected chi connectivity index (χ1v) is 12.1. The van der Waals surface area contributed by atoms with Crippen LogP contribution in [-0.4, -0.2) is 35.3 Å².